The second-order valence-corrected chi connectivity index (χ2v) is 5.06. The van der Waals surface area contributed by atoms with Gasteiger partial charge in [-0.15, -0.1) is 0 Å². The van der Waals surface area contributed by atoms with Gasteiger partial charge in [-0.3, -0.25) is 0 Å². The van der Waals surface area contributed by atoms with Crippen LogP contribution in [-0.2, 0) is 0 Å². The highest BCUT2D eigenvalue weighted by atomic mass is 15.1. The Bertz CT molecular complexity index is 684. The van der Waals surface area contributed by atoms with Crippen LogP contribution in [0.15, 0.2) is 67.0 Å². The number of aromatic nitrogens is 1. The predicted octanol–water partition coefficient (Wildman–Crippen LogP) is 3.47. The Morgan fingerprint density at radius 2 is 1.90 bits per heavy atom. The minimum atomic E-state index is 0.930. The van der Waals surface area contributed by atoms with E-state index in [0.29, 0.717) is 0 Å². The fourth-order valence-corrected chi connectivity index (χ4v) is 2.63. The third kappa shape index (κ3) is 2.25. The Balaban J connectivity index is 2.08. The summed E-state index contributed by atoms with van der Waals surface area (Å²) in [5.41, 5.74) is 5.04. The fourth-order valence-electron chi connectivity index (χ4n) is 2.63. The summed E-state index contributed by atoms with van der Waals surface area (Å²) in [6.07, 6.45) is 10.6. The molecule has 2 heteroatoms. The molecule has 0 unspecified atom stereocenters. The molecule has 2 nitrogen and oxygen atoms in total. The molecule has 1 aliphatic heterocycles. The largest absolute Gasteiger partial charge is 0.344 e. The number of aryl methyl sites for hydroxylation is 1. The van der Waals surface area contributed by atoms with Crippen LogP contribution in [0, 0.1) is 13.8 Å². The molecular weight excluding hydrogens is 244 g/mol. The summed E-state index contributed by atoms with van der Waals surface area (Å²) in [7, 11) is 0. The minimum Gasteiger partial charge on any atom is -0.344 e. The van der Waals surface area contributed by atoms with E-state index in [9.17, 15) is 0 Å². The number of anilines is 1. The lowest BCUT2D eigenvalue weighted by Crippen LogP contribution is -2.35. The molecule has 0 fully saturated rings. The van der Waals surface area contributed by atoms with E-state index in [2.05, 4.69) is 90.3 Å². The van der Waals surface area contributed by atoms with Crippen molar-refractivity contribution in [3.05, 3.63) is 78.3 Å². The van der Waals surface area contributed by atoms with E-state index >= 15 is 0 Å². The standard InChI is InChI=1S/C18H19N2/c1-15-9-4-7-14-20(15)18-11-8-10-17(16(18)2)19-12-5-3-6-13-19/h3-12,14H,13H2,1-2H3/q+1. The molecule has 0 spiro atoms. The van der Waals surface area contributed by atoms with Gasteiger partial charge in [-0.1, -0.05) is 24.3 Å². The maximum absolute atomic E-state index is 2.28. The van der Waals surface area contributed by atoms with E-state index in [1.807, 2.05) is 0 Å². The molecule has 2 heterocycles. The number of hydrogen-bond donors (Lipinski definition) is 0. The van der Waals surface area contributed by atoms with Crippen molar-refractivity contribution >= 4 is 5.69 Å². The van der Waals surface area contributed by atoms with Crippen LogP contribution >= 0.6 is 0 Å². The summed E-state index contributed by atoms with van der Waals surface area (Å²) in [6.45, 7) is 5.26. The first kappa shape index (κ1) is 12.7. The van der Waals surface area contributed by atoms with Crippen LogP contribution in [0.3, 0.4) is 0 Å². The van der Waals surface area contributed by atoms with Gasteiger partial charge >= 0.3 is 0 Å². The van der Waals surface area contributed by atoms with Gasteiger partial charge in [0.25, 0.3) is 0 Å². The molecule has 100 valence electrons. The SMILES string of the molecule is Cc1c(N2C=CC=CC2)cccc1-[n+]1ccccc1C. The zero-order valence-corrected chi connectivity index (χ0v) is 12.0. The molecule has 3 rings (SSSR count). The highest BCUT2D eigenvalue weighted by Gasteiger charge is 2.17. The summed E-state index contributed by atoms with van der Waals surface area (Å²) in [5.74, 6) is 0. The lowest BCUT2D eigenvalue weighted by atomic mass is 10.1. The molecule has 1 aromatic heterocycles. The second kappa shape index (κ2) is 5.33. The molecule has 1 aromatic carbocycles. The smallest absolute Gasteiger partial charge is 0.215 e. The van der Waals surface area contributed by atoms with Crippen molar-refractivity contribution in [3.8, 4) is 5.69 Å². The molecule has 1 aliphatic rings. The fraction of sp³-hybridized carbons (Fsp3) is 0.167. The number of hydrogen-bond acceptors (Lipinski definition) is 1. The first-order chi connectivity index (χ1) is 9.77. The van der Waals surface area contributed by atoms with E-state index in [4.69, 9.17) is 0 Å². The molecule has 2 aromatic rings. The third-order valence-corrected chi connectivity index (χ3v) is 3.72. The van der Waals surface area contributed by atoms with Crippen molar-refractivity contribution in [3.63, 3.8) is 0 Å². The van der Waals surface area contributed by atoms with E-state index in [1.54, 1.807) is 0 Å². The number of nitrogens with zero attached hydrogens (tertiary/aromatic N) is 2. The number of rotatable bonds is 2. The average Bonchev–Trinajstić information content (AvgIpc) is 2.49. The molecule has 0 N–H and O–H groups in total. The molecule has 0 radical (unpaired) electrons. The van der Waals surface area contributed by atoms with Crippen molar-refractivity contribution in [2.45, 2.75) is 13.8 Å². The topological polar surface area (TPSA) is 7.12 Å². The summed E-state index contributed by atoms with van der Waals surface area (Å²) < 4.78 is 2.24. The molecule has 20 heavy (non-hydrogen) atoms. The first-order valence-electron chi connectivity index (χ1n) is 6.94. The van der Waals surface area contributed by atoms with Crippen molar-refractivity contribution < 1.29 is 4.57 Å². The zero-order chi connectivity index (χ0) is 13.9. The molecule has 0 bridgehead atoms. The van der Waals surface area contributed by atoms with Gasteiger partial charge in [0.2, 0.25) is 5.69 Å². The Hall–Kier alpha value is -2.35. The zero-order valence-electron chi connectivity index (χ0n) is 12.0. The first-order valence-corrected chi connectivity index (χ1v) is 6.94. The highest BCUT2D eigenvalue weighted by molar-refractivity contribution is 5.61. The van der Waals surface area contributed by atoms with Crippen LogP contribution in [0.4, 0.5) is 5.69 Å². The van der Waals surface area contributed by atoms with Crippen LogP contribution in [-0.4, -0.2) is 6.54 Å². The van der Waals surface area contributed by atoms with Gasteiger partial charge in [0.05, 0.1) is 5.69 Å². The van der Waals surface area contributed by atoms with Gasteiger partial charge in [-0.2, -0.15) is 4.57 Å². The van der Waals surface area contributed by atoms with Crippen molar-refractivity contribution in [2.24, 2.45) is 0 Å². The summed E-state index contributed by atoms with van der Waals surface area (Å²) in [4.78, 5) is 2.28. The molecule has 0 amide bonds. The lowest BCUT2D eigenvalue weighted by Gasteiger charge is -2.22. The van der Waals surface area contributed by atoms with E-state index in [-0.39, 0.29) is 0 Å². The Morgan fingerprint density at radius 3 is 2.65 bits per heavy atom. The minimum absolute atomic E-state index is 0.930. The van der Waals surface area contributed by atoms with E-state index in [0.717, 1.165) is 6.54 Å². The molecule has 0 saturated heterocycles. The van der Waals surface area contributed by atoms with Crippen molar-refractivity contribution in [1.82, 2.24) is 0 Å². The van der Waals surface area contributed by atoms with Gasteiger partial charge in [0.15, 0.2) is 11.9 Å². The maximum Gasteiger partial charge on any atom is 0.215 e. The quantitative estimate of drug-likeness (QED) is 0.753. The van der Waals surface area contributed by atoms with Gasteiger partial charge in [0.1, 0.15) is 0 Å². The van der Waals surface area contributed by atoms with Crippen LogP contribution in [0.2, 0.25) is 0 Å². The normalized spacial score (nSPS) is 13.8. The van der Waals surface area contributed by atoms with Crippen LogP contribution in [0.25, 0.3) is 5.69 Å². The van der Waals surface area contributed by atoms with Crippen LogP contribution < -0.4 is 9.47 Å². The van der Waals surface area contributed by atoms with E-state index in [1.165, 1.54) is 22.6 Å². The number of pyridine rings is 1. The maximum atomic E-state index is 2.28. The molecule has 0 atom stereocenters. The molecule has 0 aliphatic carbocycles. The van der Waals surface area contributed by atoms with Crippen LogP contribution in [0.1, 0.15) is 11.3 Å². The summed E-state index contributed by atoms with van der Waals surface area (Å²) in [6, 6.07) is 12.8. The molecular formula is C18H19N2+. The van der Waals surface area contributed by atoms with E-state index < -0.39 is 0 Å². The number of benzene rings is 1. The lowest BCUT2D eigenvalue weighted by molar-refractivity contribution is -0.603. The summed E-state index contributed by atoms with van der Waals surface area (Å²) >= 11 is 0. The highest BCUT2D eigenvalue weighted by Crippen LogP contribution is 2.24. The van der Waals surface area contributed by atoms with Gasteiger partial charge in [-0.25, -0.2) is 0 Å². The van der Waals surface area contributed by atoms with Crippen molar-refractivity contribution in [2.75, 3.05) is 11.4 Å². The van der Waals surface area contributed by atoms with Crippen molar-refractivity contribution in [1.29, 1.82) is 0 Å². The molecule has 0 saturated carbocycles. The predicted molar refractivity (Wildman–Crippen MR) is 83.1 cm³/mol. The third-order valence-electron chi connectivity index (χ3n) is 3.72. The van der Waals surface area contributed by atoms with Gasteiger partial charge < -0.3 is 4.90 Å². The van der Waals surface area contributed by atoms with Gasteiger partial charge in [0, 0.05) is 43.4 Å². The summed E-state index contributed by atoms with van der Waals surface area (Å²) in [5, 5.41) is 0. The van der Waals surface area contributed by atoms with Gasteiger partial charge in [-0.05, 0) is 19.1 Å². The van der Waals surface area contributed by atoms with Crippen LogP contribution in [0.5, 0.6) is 0 Å². The number of allylic oxidation sites excluding steroid dienone is 2. The Labute approximate surface area is 120 Å². The Morgan fingerprint density at radius 1 is 1.00 bits per heavy atom. The second-order valence-electron chi connectivity index (χ2n) is 5.06. The Kier molecular flexibility index (Phi) is 3.38. The average molecular weight is 263 g/mol. The monoisotopic (exact) mass is 263 g/mol.